The number of amides is 1. The highest BCUT2D eigenvalue weighted by Gasteiger charge is 2.27. The Morgan fingerprint density at radius 2 is 2.04 bits per heavy atom. The van der Waals surface area contributed by atoms with Crippen LogP contribution in [0.15, 0.2) is 18.2 Å². The van der Waals surface area contributed by atoms with Gasteiger partial charge in [0, 0.05) is 30.4 Å². The number of nitrogens with one attached hydrogen (secondary N) is 1. The van der Waals surface area contributed by atoms with E-state index in [-0.39, 0.29) is 24.6 Å². The third-order valence-electron chi connectivity index (χ3n) is 3.74. The zero-order valence-corrected chi connectivity index (χ0v) is 13.9. The maximum atomic E-state index is 13.2. The van der Waals surface area contributed by atoms with Gasteiger partial charge in [0.05, 0.1) is 6.61 Å². The van der Waals surface area contributed by atoms with Crippen molar-refractivity contribution in [1.29, 1.82) is 0 Å². The predicted octanol–water partition coefficient (Wildman–Crippen LogP) is 3.13. The number of hydrogen-bond donors (Lipinski definition) is 2. The van der Waals surface area contributed by atoms with Gasteiger partial charge in [0.2, 0.25) is 0 Å². The minimum Gasteiger partial charge on any atom is -0.444 e. The van der Waals surface area contributed by atoms with Crippen LogP contribution < -0.4 is 5.32 Å². The number of hydrogen-bond acceptors (Lipinski definition) is 4. The number of rotatable bonds is 3. The molecule has 128 valence electrons. The van der Waals surface area contributed by atoms with E-state index in [2.05, 4.69) is 5.32 Å². The van der Waals surface area contributed by atoms with E-state index in [1.165, 1.54) is 12.1 Å². The lowest BCUT2D eigenvalue weighted by molar-refractivity contribution is 0.0210. The van der Waals surface area contributed by atoms with Gasteiger partial charge in [0.25, 0.3) is 0 Å². The van der Waals surface area contributed by atoms with Crippen LogP contribution in [0.3, 0.4) is 0 Å². The summed E-state index contributed by atoms with van der Waals surface area (Å²) in [5.74, 6) is -0.362. The summed E-state index contributed by atoms with van der Waals surface area (Å²) in [4.78, 5) is 13.7. The average molecular weight is 324 g/mol. The second kappa shape index (κ2) is 7.17. The van der Waals surface area contributed by atoms with Gasteiger partial charge in [-0.2, -0.15) is 0 Å². The Morgan fingerprint density at radius 1 is 1.39 bits per heavy atom. The predicted molar refractivity (Wildman–Crippen MR) is 86.8 cm³/mol. The first kappa shape index (κ1) is 17.5. The van der Waals surface area contributed by atoms with E-state index in [9.17, 15) is 14.3 Å². The summed E-state index contributed by atoms with van der Waals surface area (Å²) in [6, 6.07) is 4.53. The third kappa shape index (κ3) is 5.10. The first-order valence-electron chi connectivity index (χ1n) is 7.92. The molecule has 0 radical (unpaired) electrons. The Balaban J connectivity index is 1.89. The van der Waals surface area contributed by atoms with Crippen LogP contribution in [0.1, 0.15) is 39.2 Å². The van der Waals surface area contributed by atoms with Gasteiger partial charge < -0.3 is 20.1 Å². The summed E-state index contributed by atoms with van der Waals surface area (Å²) in [6.07, 6.45) is 1.27. The number of anilines is 1. The summed E-state index contributed by atoms with van der Waals surface area (Å²) >= 11 is 0. The lowest BCUT2D eigenvalue weighted by atomic mass is 10.0. The van der Waals surface area contributed by atoms with E-state index in [4.69, 9.17) is 4.74 Å². The van der Waals surface area contributed by atoms with Crippen molar-refractivity contribution < 1.29 is 19.0 Å². The van der Waals surface area contributed by atoms with Gasteiger partial charge in [-0.15, -0.1) is 0 Å². The van der Waals surface area contributed by atoms with Gasteiger partial charge in [-0.1, -0.05) is 0 Å². The summed E-state index contributed by atoms with van der Waals surface area (Å²) in [5.41, 5.74) is 0.792. The largest absolute Gasteiger partial charge is 0.444 e. The maximum Gasteiger partial charge on any atom is 0.410 e. The van der Waals surface area contributed by atoms with Gasteiger partial charge >= 0.3 is 6.09 Å². The van der Waals surface area contributed by atoms with Crippen molar-refractivity contribution in [3.05, 3.63) is 29.6 Å². The molecule has 0 bridgehead atoms. The minimum atomic E-state index is -0.490. The van der Waals surface area contributed by atoms with Crippen LogP contribution in [0.2, 0.25) is 0 Å². The van der Waals surface area contributed by atoms with Gasteiger partial charge in [0.15, 0.2) is 0 Å². The highest BCUT2D eigenvalue weighted by Crippen LogP contribution is 2.22. The molecule has 1 fully saturated rings. The summed E-state index contributed by atoms with van der Waals surface area (Å²) in [5, 5.41) is 12.6. The topological polar surface area (TPSA) is 61.8 Å². The SMILES string of the molecule is CC(C)(C)OC(=O)N1CCC(Nc2ccc(F)cc2CO)CC1. The number of benzene rings is 1. The van der Waals surface area contributed by atoms with E-state index in [1.807, 2.05) is 20.8 Å². The Labute approximate surface area is 136 Å². The number of carbonyl (C=O) groups excluding carboxylic acids is 1. The molecule has 0 saturated carbocycles. The summed E-state index contributed by atoms with van der Waals surface area (Å²) in [7, 11) is 0. The first-order valence-corrected chi connectivity index (χ1v) is 7.92. The molecule has 0 atom stereocenters. The third-order valence-corrected chi connectivity index (χ3v) is 3.74. The Bertz CT molecular complexity index is 549. The normalized spacial score (nSPS) is 16.3. The molecule has 2 N–H and O–H groups in total. The monoisotopic (exact) mass is 324 g/mol. The second-order valence-corrected chi connectivity index (χ2v) is 6.85. The molecule has 1 aromatic rings. The number of aliphatic hydroxyl groups excluding tert-OH is 1. The Kier molecular flexibility index (Phi) is 5.46. The number of carbonyl (C=O) groups is 1. The molecular weight excluding hydrogens is 299 g/mol. The smallest absolute Gasteiger partial charge is 0.410 e. The fraction of sp³-hybridized carbons (Fsp3) is 0.588. The fourth-order valence-electron chi connectivity index (χ4n) is 2.59. The first-order chi connectivity index (χ1) is 10.8. The van der Waals surface area contributed by atoms with E-state index >= 15 is 0 Å². The van der Waals surface area contributed by atoms with Crippen LogP contribution in [0.25, 0.3) is 0 Å². The van der Waals surface area contributed by atoms with Crippen molar-refractivity contribution in [2.75, 3.05) is 18.4 Å². The fourth-order valence-corrected chi connectivity index (χ4v) is 2.59. The summed E-state index contributed by atoms with van der Waals surface area (Å²) in [6.45, 7) is 6.57. The molecule has 23 heavy (non-hydrogen) atoms. The quantitative estimate of drug-likeness (QED) is 0.897. The molecule has 1 heterocycles. The van der Waals surface area contributed by atoms with Crippen molar-refractivity contribution in [2.45, 2.75) is 51.9 Å². The molecule has 1 saturated heterocycles. The number of piperidine rings is 1. The van der Waals surface area contributed by atoms with Gasteiger partial charge in [-0.25, -0.2) is 9.18 Å². The highest BCUT2D eigenvalue weighted by atomic mass is 19.1. The van der Waals surface area contributed by atoms with E-state index in [0.29, 0.717) is 18.7 Å². The van der Waals surface area contributed by atoms with Crippen molar-refractivity contribution in [3.8, 4) is 0 Å². The molecule has 1 aromatic carbocycles. The Morgan fingerprint density at radius 3 is 2.61 bits per heavy atom. The Hall–Kier alpha value is -1.82. The lowest BCUT2D eigenvalue weighted by Crippen LogP contribution is -2.44. The molecule has 1 aliphatic heterocycles. The zero-order valence-electron chi connectivity index (χ0n) is 13.9. The zero-order chi connectivity index (χ0) is 17.0. The van der Waals surface area contributed by atoms with Crippen LogP contribution in [0.5, 0.6) is 0 Å². The van der Waals surface area contributed by atoms with Crippen LogP contribution in [-0.2, 0) is 11.3 Å². The van der Waals surface area contributed by atoms with Crippen molar-refractivity contribution >= 4 is 11.8 Å². The molecule has 0 aliphatic carbocycles. The lowest BCUT2D eigenvalue weighted by Gasteiger charge is -2.34. The minimum absolute atomic E-state index is 0.185. The van der Waals surface area contributed by atoms with E-state index in [1.54, 1.807) is 11.0 Å². The summed E-state index contributed by atoms with van der Waals surface area (Å²) < 4.78 is 18.6. The number of likely N-dealkylation sites (tertiary alicyclic amines) is 1. The number of halogens is 1. The van der Waals surface area contributed by atoms with Crippen LogP contribution in [0, 0.1) is 5.82 Å². The van der Waals surface area contributed by atoms with Crippen molar-refractivity contribution in [2.24, 2.45) is 0 Å². The molecule has 5 nitrogen and oxygen atoms in total. The number of aliphatic hydroxyl groups is 1. The van der Waals surface area contributed by atoms with E-state index < -0.39 is 5.60 Å². The molecule has 0 aromatic heterocycles. The van der Waals surface area contributed by atoms with Crippen LogP contribution >= 0.6 is 0 Å². The molecular formula is C17H25FN2O3. The average Bonchev–Trinajstić information content (AvgIpc) is 2.48. The standard InChI is InChI=1S/C17H25FN2O3/c1-17(2,3)23-16(22)20-8-6-14(7-9-20)19-15-5-4-13(18)10-12(15)11-21/h4-5,10,14,19,21H,6-9,11H2,1-3H3. The molecule has 0 unspecified atom stereocenters. The van der Waals surface area contributed by atoms with Crippen molar-refractivity contribution in [1.82, 2.24) is 4.90 Å². The highest BCUT2D eigenvalue weighted by molar-refractivity contribution is 5.68. The number of nitrogens with zero attached hydrogens (tertiary/aromatic N) is 1. The van der Waals surface area contributed by atoms with Gasteiger partial charge in [-0.3, -0.25) is 0 Å². The van der Waals surface area contributed by atoms with Crippen LogP contribution in [0.4, 0.5) is 14.9 Å². The molecule has 1 aliphatic rings. The maximum absolute atomic E-state index is 13.2. The van der Waals surface area contributed by atoms with Gasteiger partial charge in [0.1, 0.15) is 11.4 Å². The molecule has 0 spiro atoms. The van der Waals surface area contributed by atoms with Crippen molar-refractivity contribution in [3.63, 3.8) is 0 Å². The molecule has 1 amide bonds. The van der Waals surface area contributed by atoms with Crippen LogP contribution in [-0.4, -0.2) is 40.8 Å². The second-order valence-electron chi connectivity index (χ2n) is 6.85. The molecule has 6 heteroatoms. The van der Waals surface area contributed by atoms with E-state index in [0.717, 1.165) is 18.5 Å². The number of ether oxygens (including phenoxy) is 1. The van der Waals surface area contributed by atoms with Gasteiger partial charge in [-0.05, 0) is 51.8 Å². The molecule has 2 rings (SSSR count).